The number of carbonyl (C=O) groups is 1. The third kappa shape index (κ3) is 4.68. The van der Waals surface area contributed by atoms with Crippen molar-refractivity contribution in [2.24, 2.45) is 0 Å². The highest BCUT2D eigenvalue weighted by molar-refractivity contribution is 9.10. The smallest absolute Gasteiger partial charge is 0.422 e. The van der Waals surface area contributed by atoms with Gasteiger partial charge in [-0.3, -0.25) is 4.79 Å². The van der Waals surface area contributed by atoms with Gasteiger partial charge in [-0.25, -0.2) is 17.6 Å². The third-order valence-corrected chi connectivity index (χ3v) is 4.53. The van der Waals surface area contributed by atoms with Crippen LogP contribution in [0.15, 0.2) is 45.3 Å². The quantitative estimate of drug-likeness (QED) is 0.316. The van der Waals surface area contributed by atoms with E-state index in [4.69, 9.17) is 9.15 Å². The number of anilines is 1. The predicted molar refractivity (Wildman–Crippen MR) is 96.4 cm³/mol. The van der Waals surface area contributed by atoms with E-state index in [1.165, 1.54) is 11.4 Å². The Balaban J connectivity index is 1.79. The molecule has 1 amide bonds. The third-order valence-electron chi connectivity index (χ3n) is 3.88. The molecule has 0 saturated heterocycles. The molecule has 12 heteroatoms. The minimum Gasteiger partial charge on any atom is -0.484 e. The van der Waals surface area contributed by atoms with Gasteiger partial charge in [-0.15, -0.1) is 0 Å². The number of hydrogen-bond donors (Lipinski definition) is 1. The first-order valence-electron chi connectivity index (χ1n) is 8.21. The highest BCUT2D eigenvalue weighted by atomic mass is 79.9. The van der Waals surface area contributed by atoms with Crippen LogP contribution in [0, 0.1) is 23.3 Å². The normalized spacial score (nSPS) is 11.5. The summed E-state index contributed by atoms with van der Waals surface area (Å²) < 4.78 is 104. The van der Waals surface area contributed by atoms with Crippen LogP contribution < -0.4 is 10.1 Å². The van der Waals surface area contributed by atoms with Crippen molar-refractivity contribution in [3.8, 4) is 5.75 Å². The number of benzene rings is 2. The van der Waals surface area contributed by atoms with E-state index in [1.54, 1.807) is 24.3 Å². The summed E-state index contributed by atoms with van der Waals surface area (Å²) in [5, 5.41) is 1.47. The lowest BCUT2D eigenvalue weighted by Gasteiger charge is -2.14. The molecule has 164 valence electrons. The van der Waals surface area contributed by atoms with E-state index in [-0.39, 0.29) is 12.4 Å². The first-order chi connectivity index (χ1) is 14.5. The number of amides is 1. The van der Waals surface area contributed by atoms with Crippen LogP contribution in [-0.4, -0.2) is 5.91 Å². The predicted octanol–water partition coefficient (Wildman–Crippen LogP) is 6.45. The number of nitrogens with one attached hydrogen (secondary N) is 1. The Morgan fingerprint density at radius 3 is 2.16 bits per heavy atom. The second kappa shape index (κ2) is 8.61. The van der Waals surface area contributed by atoms with Gasteiger partial charge in [0, 0.05) is 0 Å². The molecule has 0 radical (unpaired) electrons. The highest BCUT2D eigenvalue weighted by Crippen LogP contribution is 2.38. The van der Waals surface area contributed by atoms with Crippen LogP contribution in [0.1, 0.15) is 21.9 Å². The molecule has 0 aliphatic rings. The van der Waals surface area contributed by atoms with Gasteiger partial charge in [0.15, 0.2) is 29.0 Å². The van der Waals surface area contributed by atoms with Gasteiger partial charge in [0.25, 0.3) is 5.91 Å². The lowest BCUT2D eigenvalue weighted by Crippen LogP contribution is -2.20. The zero-order valence-electron chi connectivity index (χ0n) is 14.9. The second-order valence-electron chi connectivity index (χ2n) is 5.94. The number of furan rings is 1. The Morgan fingerprint density at radius 2 is 1.58 bits per heavy atom. The minimum absolute atomic E-state index is 0.103. The van der Waals surface area contributed by atoms with E-state index in [2.05, 4.69) is 15.9 Å². The average molecular weight is 512 g/mol. The minimum atomic E-state index is -5.69. The van der Waals surface area contributed by atoms with Gasteiger partial charge >= 0.3 is 6.18 Å². The number of hydrogen-bond acceptors (Lipinski definition) is 3. The van der Waals surface area contributed by atoms with E-state index in [1.807, 2.05) is 0 Å². The molecule has 3 rings (SSSR count). The molecular formula is C19H9BrF7NO3. The topological polar surface area (TPSA) is 51.5 Å². The van der Waals surface area contributed by atoms with Gasteiger partial charge in [-0.1, -0.05) is 12.1 Å². The summed E-state index contributed by atoms with van der Waals surface area (Å²) in [7, 11) is 0. The molecule has 0 aliphatic heterocycles. The van der Waals surface area contributed by atoms with Crippen molar-refractivity contribution < 1.29 is 44.7 Å². The summed E-state index contributed by atoms with van der Waals surface area (Å²) >= 11 is 3.26. The Labute approximate surface area is 177 Å². The lowest BCUT2D eigenvalue weighted by molar-refractivity contribution is -0.143. The summed E-state index contributed by atoms with van der Waals surface area (Å²) in [4.78, 5) is 12.1. The summed E-state index contributed by atoms with van der Waals surface area (Å²) in [6.45, 7) is -0.151. The zero-order valence-corrected chi connectivity index (χ0v) is 16.5. The molecule has 0 unspecified atom stereocenters. The number of alkyl halides is 3. The summed E-state index contributed by atoms with van der Waals surface area (Å²) in [5.41, 5.74) is -4.47. The Hall–Kier alpha value is -3.02. The van der Waals surface area contributed by atoms with Crippen molar-refractivity contribution in [3.63, 3.8) is 0 Å². The molecule has 0 bridgehead atoms. The van der Waals surface area contributed by atoms with E-state index < -0.39 is 52.4 Å². The van der Waals surface area contributed by atoms with Crippen LogP contribution in [0.5, 0.6) is 5.75 Å². The number of rotatable bonds is 5. The number of halogens is 8. The van der Waals surface area contributed by atoms with Crippen LogP contribution in [0.2, 0.25) is 0 Å². The number of para-hydroxylation sites is 1. The molecule has 0 saturated carbocycles. The Kier molecular flexibility index (Phi) is 6.30. The van der Waals surface area contributed by atoms with E-state index in [9.17, 15) is 35.5 Å². The molecule has 2 aromatic carbocycles. The monoisotopic (exact) mass is 511 g/mol. The maximum absolute atomic E-state index is 13.9. The fraction of sp³-hybridized carbons (Fsp3) is 0.105. The van der Waals surface area contributed by atoms with Crippen molar-refractivity contribution in [1.82, 2.24) is 0 Å². The van der Waals surface area contributed by atoms with Gasteiger partial charge in [-0.05, 0) is 40.2 Å². The molecule has 0 spiro atoms. The number of ether oxygens (including phenoxy) is 1. The van der Waals surface area contributed by atoms with Gasteiger partial charge in [0.1, 0.15) is 29.4 Å². The van der Waals surface area contributed by atoms with Crippen molar-refractivity contribution >= 4 is 27.5 Å². The van der Waals surface area contributed by atoms with Crippen molar-refractivity contribution in [2.45, 2.75) is 12.8 Å². The van der Waals surface area contributed by atoms with Crippen molar-refractivity contribution in [1.29, 1.82) is 0 Å². The van der Waals surface area contributed by atoms with Crippen molar-refractivity contribution in [2.75, 3.05) is 5.32 Å². The van der Waals surface area contributed by atoms with Crippen LogP contribution in [-0.2, 0) is 12.8 Å². The standard InChI is InChI=1S/C19H9BrF7NO3/c20-9-3-1-2-4-10(9)30-7-8-5-6-11(31-8)18(29)28-17-15(23)13(21)12(19(25,26)27)14(22)16(17)24/h1-6H,7H2,(H,28,29). The van der Waals surface area contributed by atoms with Crippen LogP contribution in [0.3, 0.4) is 0 Å². The molecule has 3 aromatic rings. The van der Waals surface area contributed by atoms with Gasteiger partial charge in [0.2, 0.25) is 0 Å². The van der Waals surface area contributed by atoms with E-state index in [0.29, 0.717) is 10.2 Å². The fourth-order valence-electron chi connectivity index (χ4n) is 2.45. The summed E-state index contributed by atoms with van der Waals surface area (Å²) in [6.07, 6.45) is -5.69. The SMILES string of the molecule is O=C(Nc1c(F)c(F)c(C(F)(F)F)c(F)c1F)c1ccc(COc2ccccc2Br)o1. The molecule has 1 heterocycles. The maximum Gasteiger partial charge on any atom is 0.422 e. The van der Waals surface area contributed by atoms with E-state index in [0.717, 1.165) is 6.07 Å². The van der Waals surface area contributed by atoms with Crippen molar-refractivity contribution in [3.05, 3.63) is 81.2 Å². The highest BCUT2D eigenvalue weighted by Gasteiger charge is 2.42. The Bertz CT molecular complexity index is 1120. The van der Waals surface area contributed by atoms with Gasteiger partial charge in [-0.2, -0.15) is 13.2 Å². The number of carbonyl (C=O) groups excluding carboxylic acids is 1. The summed E-state index contributed by atoms with van der Waals surface area (Å²) in [6, 6.07) is 9.15. The second-order valence-corrected chi connectivity index (χ2v) is 6.80. The molecule has 1 aromatic heterocycles. The van der Waals surface area contributed by atoms with Crippen LogP contribution in [0.25, 0.3) is 0 Å². The van der Waals surface area contributed by atoms with Gasteiger partial charge in [0.05, 0.1) is 4.47 Å². The Morgan fingerprint density at radius 1 is 0.968 bits per heavy atom. The molecule has 0 aliphatic carbocycles. The van der Waals surface area contributed by atoms with Crippen LogP contribution in [0.4, 0.5) is 36.4 Å². The maximum atomic E-state index is 13.9. The first kappa shape index (κ1) is 22.7. The summed E-state index contributed by atoms with van der Waals surface area (Å²) in [5.74, 6) is -11.6. The van der Waals surface area contributed by atoms with E-state index >= 15 is 0 Å². The van der Waals surface area contributed by atoms with Gasteiger partial charge < -0.3 is 14.5 Å². The molecule has 0 fully saturated rings. The molecule has 1 N–H and O–H groups in total. The first-order valence-corrected chi connectivity index (χ1v) is 9.00. The molecule has 0 atom stereocenters. The van der Waals surface area contributed by atoms with Crippen LogP contribution >= 0.6 is 15.9 Å². The fourth-order valence-corrected chi connectivity index (χ4v) is 2.85. The average Bonchev–Trinajstić information content (AvgIpc) is 3.17. The molecular weight excluding hydrogens is 503 g/mol. The largest absolute Gasteiger partial charge is 0.484 e. The molecule has 4 nitrogen and oxygen atoms in total. The molecule has 31 heavy (non-hydrogen) atoms. The lowest BCUT2D eigenvalue weighted by atomic mass is 10.1. The zero-order chi connectivity index (χ0) is 22.9.